The summed E-state index contributed by atoms with van der Waals surface area (Å²) in [5.41, 5.74) is 1.38. The van der Waals surface area contributed by atoms with Crippen molar-refractivity contribution in [3.63, 3.8) is 0 Å². The molecule has 6 nitrogen and oxygen atoms in total. The summed E-state index contributed by atoms with van der Waals surface area (Å²) in [6.07, 6.45) is 0. The van der Waals surface area contributed by atoms with Gasteiger partial charge in [-0.15, -0.1) is 11.3 Å². The van der Waals surface area contributed by atoms with Crippen molar-refractivity contribution >= 4 is 29.2 Å². The van der Waals surface area contributed by atoms with Crippen LogP contribution in [0.5, 0.6) is 0 Å². The van der Waals surface area contributed by atoms with Gasteiger partial charge in [0.15, 0.2) is 0 Å². The first kappa shape index (κ1) is 17.2. The Kier molecular flexibility index (Phi) is 4.85. The second-order valence-corrected chi connectivity index (χ2v) is 6.92. The van der Waals surface area contributed by atoms with E-state index in [-0.39, 0.29) is 37.0 Å². The van der Waals surface area contributed by atoms with Crippen molar-refractivity contribution < 1.29 is 14.4 Å². The normalized spacial score (nSPS) is 15.2. The number of carbonyl (C=O) groups is 3. The first-order valence-corrected chi connectivity index (χ1v) is 8.83. The van der Waals surface area contributed by atoms with Crippen LogP contribution in [0, 0.1) is 0 Å². The lowest BCUT2D eigenvalue weighted by molar-refractivity contribution is -0.125. The molecule has 1 fully saturated rings. The molecule has 2 heterocycles. The van der Waals surface area contributed by atoms with Crippen LogP contribution in [0.3, 0.4) is 0 Å². The minimum Gasteiger partial charge on any atom is -0.334 e. The molecule has 1 atom stereocenters. The molecule has 0 spiro atoms. The highest BCUT2D eigenvalue weighted by molar-refractivity contribution is 7.10. The van der Waals surface area contributed by atoms with E-state index in [2.05, 4.69) is 5.32 Å². The average Bonchev–Trinajstić information content (AvgIpc) is 3.26. The molecule has 0 unspecified atom stereocenters. The number of hydrogen-bond acceptors (Lipinski definition) is 4. The topological polar surface area (TPSA) is 69.7 Å². The zero-order valence-electron chi connectivity index (χ0n) is 14.1. The summed E-state index contributed by atoms with van der Waals surface area (Å²) in [6.45, 7) is 2.25. The molecular weight excluding hydrogens is 338 g/mol. The summed E-state index contributed by atoms with van der Waals surface area (Å²) in [4.78, 5) is 39.8. The van der Waals surface area contributed by atoms with Crippen LogP contribution in [-0.4, -0.2) is 41.2 Å². The Labute approximate surface area is 150 Å². The average molecular weight is 357 g/mol. The quantitative estimate of drug-likeness (QED) is 0.837. The van der Waals surface area contributed by atoms with Gasteiger partial charge in [-0.2, -0.15) is 0 Å². The highest BCUT2D eigenvalue weighted by Crippen LogP contribution is 2.24. The Morgan fingerprint density at radius 3 is 2.56 bits per heavy atom. The molecule has 1 N–H and O–H groups in total. The minimum atomic E-state index is -0.380. The van der Waals surface area contributed by atoms with E-state index in [4.69, 9.17) is 0 Å². The van der Waals surface area contributed by atoms with Gasteiger partial charge in [-0.25, -0.2) is 4.79 Å². The maximum Gasteiger partial charge on any atom is 0.324 e. The summed E-state index contributed by atoms with van der Waals surface area (Å²) in [7, 11) is 1.79. The number of benzene rings is 1. The molecule has 1 aromatic heterocycles. The molecule has 2 aromatic rings. The second kappa shape index (κ2) is 7.06. The van der Waals surface area contributed by atoms with Gasteiger partial charge >= 0.3 is 6.03 Å². The van der Waals surface area contributed by atoms with Crippen LogP contribution in [0.4, 0.5) is 4.79 Å². The van der Waals surface area contributed by atoms with E-state index in [1.807, 2.05) is 24.4 Å². The molecule has 1 aromatic carbocycles. The first-order chi connectivity index (χ1) is 12.0. The number of nitrogens with zero attached hydrogens (tertiary/aromatic N) is 2. The highest BCUT2D eigenvalue weighted by Gasteiger charge is 2.28. The van der Waals surface area contributed by atoms with E-state index in [9.17, 15) is 14.4 Å². The van der Waals surface area contributed by atoms with Crippen molar-refractivity contribution in [2.45, 2.75) is 19.5 Å². The van der Waals surface area contributed by atoms with Crippen LogP contribution in [-0.2, 0) is 11.3 Å². The summed E-state index contributed by atoms with van der Waals surface area (Å²) >= 11 is 1.62. The predicted octanol–water partition coefficient (Wildman–Crippen LogP) is 2.63. The zero-order valence-corrected chi connectivity index (χ0v) is 14.9. The van der Waals surface area contributed by atoms with Gasteiger partial charge in [0.1, 0.15) is 0 Å². The number of nitrogens with one attached hydrogen (secondary N) is 1. The van der Waals surface area contributed by atoms with Gasteiger partial charge in [0, 0.05) is 17.5 Å². The maximum absolute atomic E-state index is 12.6. The number of amides is 4. The van der Waals surface area contributed by atoms with Gasteiger partial charge in [-0.1, -0.05) is 18.2 Å². The van der Waals surface area contributed by atoms with Crippen molar-refractivity contribution in [1.29, 1.82) is 0 Å². The lowest BCUT2D eigenvalue weighted by Crippen LogP contribution is -2.30. The van der Waals surface area contributed by atoms with Crippen LogP contribution >= 0.6 is 11.3 Å². The molecule has 3 rings (SSSR count). The van der Waals surface area contributed by atoms with Crippen molar-refractivity contribution in [3.8, 4) is 0 Å². The van der Waals surface area contributed by atoms with Crippen LogP contribution < -0.4 is 5.32 Å². The third-order valence-electron chi connectivity index (χ3n) is 4.33. The maximum atomic E-state index is 12.6. The van der Waals surface area contributed by atoms with Gasteiger partial charge in [-0.05, 0) is 36.1 Å². The number of imide groups is 1. The lowest BCUT2D eigenvalue weighted by Gasteiger charge is -2.24. The van der Waals surface area contributed by atoms with E-state index in [1.54, 1.807) is 47.5 Å². The third-order valence-corrected chi connectivity index (χ3v) is 5.38. The van der Waals surface area contributed by atoms with E-state index in [0.29, 0.717) is 5.56 Å². The smallest absolute Gasteiger partial charge is 0.324 e. The molecule has 1 aliphatic heterocycles. The SMILES string of the molecule is C[C@@H](c1cccs1)N(C)C(=O)c1ccc(CN2C(=O)CNC2=O)cc1. The first-order valence-electron chi connectivity index (χ1n) is 7.95. The Morgan fingerprint density at radius 1 is 1.28 bits per heavy atom. The summed E-state index contributed by atoms with van der Waals surface area (Å²) < 4.78 is 0. The Hall–Kier alpha value is -2.67. The van der Waals surface area contributed by atoms with E-state index in [1.165, 1.54) is 4.90 Å². The lowest BCUT2D eigenvalue weighted by atomic mass is 10.1. The minimum absolute atomic E-state index is 0.00176. The van der Waals surface area contributed by atoms with Crippen molar-refractivity contribution in [3.05, 3.63) is 57.8 Å². The zero-order chi connectivity index (χ0) is 18.0. The predicted molar refractivity (Wildman–Crippen MR) is 95.2 cm³/mol. The Bertz CT molecular complexity index is 770. The van der Waals surface area contributed by atoms with Crippen molar-refractivity contribution in [2.75, 3.05) is 13.6 Å². The number of urea groups is 1. The van der Waals surface area contributed by atoms with Gasteiger partial charge in [0.2, 0.25) is 5.91 Å². The fraction of sp³-hybridized carbons (Fsp3) is 0.278. The number of carbonyl (C=O) groups excluding carboxylic acids is 3. The molecule has 1 saturated heterocycles. The largest absolute Gasteiger partial charge is 0.334 e. The van der Waals surface area contributed by atoms with E-state index >= 15 is 0 Å². The van der Waals surface area contributed by atoms with E-state index in [0.717, 1.165) is 10.4 Å². The summed E-state index contributed by atoms with van der Waals surface area (Å²) in [5.74, 6) is -0.308. The number of hydrogen-bond donors (Lipinski definition) is 1. The molecule has 130 valence electrons. The highest BCUT2D eigenvalue weighted by atomic mass is 32.1. The van der Waals surface area contributed by atoms with Crippen molar-refractivity contribution in [1.82, 2.24) is 15.1 Å². The van der Waals surface area contributed by atoms with Gasteiger partial charge in [0.05, 0.1) is 19.1 Å². The van der Waals surface area contributed by atoms with Gasteiger partial charge in [-0.3, -0.25) is 14.5 Å². The fourth-order valence-corrected chi connectivity index (χ4v) is 3.48. The molecule has 7 heteroatoms. The number of rotatable bonds is 5. The molecule has 0 radical (unpaired) electrons. The van der Waals surface area contributed by atoms with Crippen LogP contribution in [0.1, 0.15) is 33.8 Å². The fourth-order valence-electron chi connectivity index (χ4n) is 2.65. The molecule has 0 saturated carbocycles. The number of thiophene rings is 1. The molecule has 0 aliphatic carbocycles. The van der Waals surface area contributed by atoms with Gasteiger partial charge in [0.25, 0.3) is 5.91 Å². The Morgan fingerprint density at radius 2 is 2.00 bits per heavy atom. The molecule has 4 amide bonds. The standard InChI is InChI=1S/C18H19N3O3S/c1-12(15-4-3-9-25-15)20(2)17(23)14-7-5-13(6-8-14)11-21-16(22)10-19-18(21)24/h3-9,12H,10-11H2,1-2H3,(H,19,24)/t12-/m0/s1. The molecule has 0 bridgehead atoms. The van der Waals surface area contributed by atoms with E-state index < -0.39 is 0 Å². The van der Waals surface area contributed by atoms with Crippen LogP contribution in [0.25, 0.3) is 0 Å². The van der Waals surface area contributed by atoms with Gasteiger partial charge < -0.3 is 10.2 Å². The summed E-state index contributed by atoms with van der Waals surface area (Å²) in [6, 6.07) is 10.6. The molecule has 1 aliphatic rings. The second-order valence-electron chi connectivity index (χ2n) is 5.94. The van der Waals surface area contributed by atoms with Crippen molar-refractivity contribution in [2.24, 2.45) is 0 Å². The third kappa shape index (κ3) is 3.56. The van der Waals surface area contributed by atoms with Crippen LogP contribution in [0.15, 0.2) is 41.8 Å². The monoisotopic (exact) mass is 357 g/mol. The summed E-state index contributed by atoms with van der Waals surface area (Å²) in [5, 5.41) is 4.48. The molecular formula is C18H19N3O3S. The Balaban J connectivity index is 1.68. The molecule has 25 heavy (non-hydrogen) atoms. The van der Waals surface area contributed by atoms with Crippen LogP contribution in [0.2, 0.25) is 0 Å².